The molecule has 1 fully saturated rings. The molecule has 12 heteroatoms. The van der Waals surface area contributed by atoms with E-state index in [2.05, 4.69) is 14.4 Å². The molecule has 0 aromatic heterocycles. The summed E-state index contributed by atoms with van der Waals surface area (Å²) in [4.78, 5) is 15.9. The molecule has 0 aliphatic heterocycles. The van der Waals surface area contributed by atoms with Gasteiger partial charge in [-0.1, -0.05) is 24.3 Å². The first-order valence-corrected chi connectivity index (χ1v) is 14.0. The molecule has 3 N–H and O–H groups in total. The third kappa shape index (κ3) is 6.96. The first-order valence-electron chi connectivity index (χ1n) is 11.1. The summed E-state index contributed by atoms with van der Waals surface area (Å²) >= 11 is 0. The van der Waals surface area contributed by atoms with Crippen LogP contribution in [0.25, 0.3) is 0 Å². The maximum Gasteiger partial charge on any atom is 0.327 e. The highest BCUT2D eigenvalue weighted by Crippen LogP contribution is 2.25. The third-order valence-corrected chi connectivity index (χ3v) is 8.30. The van der Waals surface area contributed by atoms with Gasteiger partial charge in [-0.2, -0.15) is 0 Å². The summed E-state index contributed by atoms with van der Waals surface area (Å²) in [6.45, 7) is 1.75. The second-order valence-corrected chi connectivity index (χ2v) is 11.3. The molecule has 2 aromatic carbocycles. The lowest BCUT2D eigenvalue weighted by molar-refractivity contribution is -0.141. The molecule has 0 saturated heterocycles. The van der Waals surface area contributed by atoms with Crippen molar-refractivity contribution in [3.05, 3.63) is 54.6 Å². The number of nitrogens with zero attached hydrogens (tertiary/aromatic N) is 1. The van der Waals surface area contributed by atoms with Gasteiger partial charge in [0, 0.05) is 23.9 Å². The highest BCUT2D eigenvalue weighted by molar-refractivity contribution is 7.92. The van der Waals surface area contributed by atoms with Crippen LogP contribution in [0.4, 0.5) is 5.69 Å². The van der Waals surface area contributed by atoms with Crippen molar-refractivity contribution < 1.29 is 26.4 Å². The number of hydrogen-bond donors (Lipinski definition) is 3. The first-order chi connectivity index (χ1) is 16.7. The lowest BCUT2D eigenvalue weighted by Gasteiger charge is -2.30. The Morgan fingerprint density at radius 2 is 1.80 bits per heavy atom. The fourth-order valence-electron chi connectivity index (χ4n) is 3.79. The fourth-order valence-corrected chi connectivity index (χ4v) is 6.20. The largest absolute Gasteiger partial charge is 0.465 e. The van der Waals surface area contributed by atoms with Gasteiger partial charge in [0.05, 0.1) is 22.1 Å². The Labute approximate surface area is 205 Å². The minimum atomic E-state index is -4.04. The van der Waals surface area contributed by atoms with E-state index in [-0.39, 0.29) is 28.6 Å². The molecule has 0 heterocycles. The molecule has 10 nitrogen and oxygen atoms in total. The van der Waals surface area contributed by atoms with Crippen molar-refractivity contribution in [2.45, 2.75) is 42.0 Å². The van der Waals surface area contributed by atoms with E-state index < -0.39 is 38.0 Å². The maximum atomic E-state index is 13.1. The van der Waals surface area contributed by atoms with Crippen LogP contribution < -0.4 is 9.44 Å². The monoisotopic (exact) mass is 520 g/mol. The molecule has 1 saturated carbocycles. The maximum absolute atomic E-state index is 13.1. The zero-order chi connectivity index (χ0) is 25.5. The fraction of sp³-hybridized carbons (Fsp3) is 0.348. The van der Waals surface area contributed by atoms with Gasteiger partial charge in [-0.05, 0) is 56.5 Å². The van der Waals surface area contributed by atoms with Crippen molar-refractivity contribution in [3.8, 4) is 0 Å². The first kappa shape index (κ1) is 26.5. The molecule has 0 spiro atoms. The van der Waals surface area contributed by atoms with Crippen molar-refractivity contribution in [1.82, 2.24) is 4.72 Å². The normalized spacial score (nSPS) is 19.7. The highest BCUT2D eigenvalue weighted by atomic mass is 32.2. The summed E-state index contributed by atoms with van der Waals surface area (Å²) in [6, 6.07) is 12.6. The lowest BCUT2D eigenvalue weighted by atomic mass is 9.84. The molecule has 0 amide bonds. The van der Waals surface area contributed by atoms with Crippen LogP contribution in [0.1, 0.15) is 26.2 Å². The molecule has 35 heavy (non-hydrogen) atoms. The number of ether oxygens (including phenoxy) is 1. The van der Waals surface area contributed by atoms with E-state index in [0.29, 0.717) is 25.0 Å². The number of benzene rings is 2. The van der Waals surface area contributed by atoms with Crippen LogP contribution in [0.15, 0.2) is 69.4 Å². The minimum absolute atomic E-state index is 0.0528. The Bertz CT molecular complexity index is 1290. The number of sulfonamides is 2. The molecular formula is C23H28N4O6S2. The van der Waals surface area contributed by atoms with Crippen LogP contribution in [0, 0.1) is 11.3 Å². The van der Waals surface area contributed by atoms with E-state index in [9.17, 15) is 21.6 Å². The summed E-state index contributed by atoms with van der Waals surface area (Å²) in [7, 11) is -7.93. The topological polar surface area (TPSA) is 155 Å². The molecule has 0 radical (unpaired) electrons. The SMILES string of the molecule is CCOC(=O)CN=C1CCCC(NS(=O)(=O)c2cccc(NS(=O)(=O)c3ccccc3)c2)C1C=N. The van der Waals surface area contributed by atoms with E-state index >= 15 is 0 Å². The molecule has 1 aliphatic rings. The van der Waals surface area contributed by atoms with E-state index in [1.54, 1.807) is 25.1 Å². The number of aliphatic imine (C=N–C) groups is 1. The van der Waals surface area contributed by atoms with Gasteiger partial charge in [0.25, 0.3) is 10.0 Å². The van der Waals surface area contributed by atoms with Gasteiger partial charge in [0.2, 0.25) is 10.0 Å². The van der Waals surface area contributed by atoms with E-state index in [1.807, 2.05) is 0 Å². The second-order valence-electron chi connectivity index (χ2n) is 7.87. The molecule has 1 aliphatic carbocycles. The lowest BCUT2D eigenvalue weighted by Crippen LogP contribution is -2.46. The van der Waals surface area contributed by atoms with Crippen LogP contribution in [0.5, 0.6) is 0 Å². The van der Waals surface area contributed by atoms with Crippen LogP contribution in [0.2, 0.25) is 0 Å². The smallest absolute Gasteiger partial charge is 0.327 e. The van der Waals surface area contributed by atoms with Crippen molar-refractivity contribution >= 4 is 43.6 Å². The summed E-state index contributed by atoms with van der Waals surface area (Å²) < 4.78 is 61.4. The van der Waals surface area contributed by atoms with E-state index in [4.69, 9.17) is 10.1 Å². The summed E-state index contributed by atoms with van der Waals surface area (Å²) in [6.07, 6.45) is 2.79. The Morgan fingerprint density at radius 1 is 1.09 bits per heavy atom. The molecule has 188 valence electrons. The molecule has 2 aromatic rings. The van der Waals surface area contributed by atoms with Gasteiger partial charge in [-0.15, -0.1) is 0 Å². The van der Waals surface area contributed by atoms with Gasteiger partial charge in [-0.3, -0.25) is 14.5 Å². The third-order valence-electron chi connectivity index (χ3n) is 5.42. The predicted molar refractivity (Wildman–Crippen MR) is 133 cm³/mol. The Kier molecular flexibility index (Phi) is 8.76. The molecule has 0 bridgehead atoms. The van der Waals surface area contributed by atoms with Crippen molar-refractivity contribution in [2.24, 2.45) is 10.9 Å². The number of esters is 1. The Hall–Kier alpha value is -3.09. The molecule has 2 atom stereocenters. The average molecular weight is 521 g/mol. The average Bonchev–Trinajstić information content (AvgIpc) is 2.83. The van der Waals surface area contributed by atoms with Crippen molar-refractivity contribution in [1.29, 1.82) is 5.41 Å². The molecular weight excluding hydrogens is 492 g/mol. The molecule has 3 rings (SSSR count). The van der Waals surface area contributed by atoms with Gasteiger partial charge in [-0.25, -0.2) is 21.6 Å². The van der Waals surface area contributed by atoms with Gasteiger partial charge >= 0.3 is 5.97 Å². The van der Waals surface area contributed by atoms with Crippen LogP contribution >= 0.6 is 0 Å². The van der Waals surface area contributed by atoms with Gasteiger partial charge in [0.15, 0.2) is 0 Å². The Morgan fingerprint density at radius 3 is 2.49 bits per heavy atom. The van der Waals surface area contributed by atoms with Crippen LogP contribution in [0.3, 0.4) is 0 Å². The van der Waals surface area contributed by atoms with Gasteiger partial charge in [0.1, 0.15) is 6.54 Å². The number of rotatable bonds is 10. The predicted octanol–water partition coefficient (Wildman–Crippen LogP) is 2.59. The van der Waals surface area contributed by atoms with Crippen molar-refractivity contribution in [2.75, 3.05) is 17.9 Å². The number of hydrogen-bond acceptors (Lipinski definition) is 8. The minimum Gasteiger partial charge on any atom is -0.465 e. The van der Waals surface area contributed by atoms with E-state index in [0.717, 1.165) is 6.21 Å². The quantitative estimate of drug-likeness (QED) is 0.323. The van der Waals surface area contributed by atoms with Crippen molar-refractivity contribution in [3.63, 3.8) is 0 Å². The number of nitrogens with one attached hydrogen (secondary N) is 3. The zero-order valence-electron chi connectivity index (χ0n) is 19.2. The second kappa shape index (κ2) is 11.6. The summed E-state index contributed by atoms with van der Waals surface area (Å²) in [5.74, 6) is -1.09. The molecule has 2 unspecified atom stereocenters. The number of carbonyl (C=O) groups is 1. The zero-order valence-corrected chi connectivity index (χ0v) is 20.8. The number of carbonyl (C=O) groups excluding carboxylic acids is 1. The van der Waals surface area contributed by atoms with Crippen LogP contribution in [-0.4, -0.2) is 53.9 Å². The summed E-state index contributed by atoms with van der Waals surface area (Å²) in [5, 5.41) is 7.82. The Balaban J connectivity index is 1.78. The summed E-state index contributed by atoms with van der Waals surface area (Å²) in [5.41, 5.74) is 0.664. The number of anilines is 1. The van der Waals surface area contributed by atoms with Crippen LogP contribution in [-0.2, 0) is 29.6 Å². The van der Waals surface area contributed by atoms with E-state index in [1.165, 1.54) is 36.4 Å². The highest BCUT2D eigenvalue weighted by Gasteiger charge is 2.32. The standard InChI is InChI=1S/C23H28N4O6S2/c1-2-33-23(28)16-25-21-12-7-13-22(20(21)15-24)27-35(31,32)19-11-6-8-17(14-19)26-34(29,30)18-9-4-3-5-10-18/h3-6,8-11,14-15,20,22,24,26-27H,2,7,12-13,16H2,1H3. The van der Waals surface area contributed by atoms with Gasteiger partial charge < -0.3 is 10.1 Å².